The van der Waals surface area contributed by atoms with Crippen molar-refractivity contribution in [2.75, 3.05) is 19.0 Å². The summed E-state index contributed by atoms with van der Waals surface area (Å²) < 4.78 is 4.99. The van der Waals surface area contributed by atoms with E-state index in [1.807, 2.05) is 0 Å². The molecule has 2 rings (SSSR count). The minimum absolute atomic E-state index is 0.274. The van der Waals surface area contributed by atoms with Gasteiger partial charge in [0.25, 0.3) is 0 Å². The van der Waals surface area contributed by atoms with Crippen LogP contribution < -0.4 is 10.6 Å². The number of methoxy groups -OCH3 is 1. The molecule has 0 aromatic carbocycles. The average Bonchev–Trinajstić information content (AvgIpc) is 2.82. The van der Waals surface area contributed by atoms with Gasteiger partial charge in [-0.2, -0.15) is 0 Å². The van der Waals surface area contributed by atoms with Gasteiger partial charge in [0.15, 0.2) is 5.11 Å². The molecule has 0 radical (unpaired) electrons. The number of nitrogens with one attached hydrogen (secondary N) is 2. The third kappa shape index (κ3) is 4.67. The van der Waals surface area contributed by atoms with Crippen molar-refractivity contribution >= 4 is 39.6 Å². The molecule has 0 saturated heterocycles. The molecule has 4 nitrogen and oxygen atoms in total. The summed E-state index contributed by atoms with van der Waals surface area (Å²) in [5, 5.41) is 7.81. The quantitative estimate of drug-likeness (QED) is 0.618. The van der Waals surface area contributed by atoms with Gasteiger partial charge in [-0.1, -0.05) is 20.8 Å². The second-order valence-electron chi connectivity index (χ2n) is 6.61. The zero-order chi connectivity index (χ0) is 17.0. The summed E-state index contributed by atoms with van der Waals surface area (Å²) in [6.07, 6.45) is 4.14. The number of hydrogen-bond acceptors (Lipinski definition) is 4. The lowest BCUT2D eigenvalue weighted by Crippen LogP contribution is -2.30. The number of thiophene rings is 1. The highest BCUT2D eigenvalue weighted by atomic mass is 32.1. The Morgan fingerprint density at radius 2 is 2.22 bits per heavy atom. The molecule has 2 N–H and O–H groups in total. The summed E-state index contributed by atoms with van der Waals surface area (Å²) in [5.74, 6) is 1.02. The number of rotatable bonds is 5. The van der Waals surface area contributed by atoms with Crippen LogP contribution in [0.5, 0.6) is 0 Å². The molecule has 1 aliphatic carbocycles. The first-order chi connectivity index (χ1) is 10.9. The van der Waals surface area contributed by atoms with Crippen molar-refractivity contribution < 1.29 is 9.53 Å². The van der Waals surface area contributed by atoms with Crippen LogP contribution in [0.1, 0.15) is 54.4 Å². The van der Waals surface area contributed by atoms with Gasteiger partial charge in [-0.25, -0.2) is 4.79 Å². The highest BCUT2D eigenvalue weighted by Gasteiger charge is 2.28. The molecule has 0 bridgehead atoms. The van der Waals surface area contributed by atoms with Crippen LogP contribution in [0.2, 0.25) is 0 Å². The molecule has 0 fully saturated rings. The maximum Gasteiger partial charge on any atom is 0.341 e. The van der Waals surface area contributed by atoms with Crippen molar-refractivity contribution in [3.05, 3.63) is 16.0 Å². The molecule has 6 heteroatoms. The summed E-state index contributed by atoms with van der Waals surface area (Å²) in [7, 11) is 1.43. The zero-order valence-electron chi connectivity index (χ0n) is 14.3. The van der Waals surface area contributed by atoms with E-state index in [1.54, 1.807) is 11.3 Å². The first kappa shape index (κ1) is 18.2. The lowest BCUT2D eigenvalue weighted by Gasteiger charge is -2.18. The van der Waals surface area contributed by atoms with E-state index in [0.717, 1.165) is 42.8 Å². The molecule has 1 unspecified atom stereocenters. The monoisotopic (exact) mass is 354 g/mol. The SMILES string of the molecule is COC(=O)c1c(NC(=S)NCCC(C)C)sc2c1CCC(C)C2. The highest BCUT2D eigenvalue weighted by molar-refractivity contribution is 7.80. The molecular weight excluding hydrogens is 328 g/mol. The standard InChI is InChI=1S/C17H26N2O2S2/c1-10(2)7-8-18-17(22)19-15-14(16(20)21-4)12-6-5-11(3)9-13(12)23-15/h10-11H,5-9H2,1-4H3,(H2,18,19,22). The fourth-order valence-corrected chi connectivity index (χ4v) is 4.45. The minimum Gasteiger partial charge on any atom is -0.465 e. The van der Waals surface area contributed by atoms with Crippen molar-refractivity contribution in [1.29, 1.82) is 0 Å². The number of anilines is 1. The Morgan fingerprint density at radius 1 is 1.48 bits per heavy atom. The van der Waals surface area contributed by atoms with Gasteiger partial charge in [-0.3, -0.25) is 0 Å². The Balaban J connectivity index is 2.14. The van der Waals surface area contributed by atoms with Crippen LogP contribution in [0.15, 0.2) is 0 Å². The predicted molar refractivity (Wildman–Crippen MR) is 101 cm³/mol. The van der Waals surface area contributed by atoms with Crippen LogP contribution in [0.3, 0.4) is 0 Å². The topological polar surface area (TPSA) is 50.4 Å². The fourth-order valence-electron chi connectivity index (χ4n) is 2.78. The number of ether oxygens (including phenoxy) is 1. The summed E-state index contributed by atoms with van der Waals surface area (Å²) >= 11 is 7.00. The highest BCUT2D eigenvalue weighted by Crippen LogP contribution is 2.39. The van der Waals surface area contributed by atoms with E-state index in [0.29, 0.717) is 22.5 Å². The van der Waals surface area contributed by atoms with Crippen molar-refractivity contribution in [3.63, 3.8) is 0 Å². The molecule has 0 amide bonds. The van der Waals surface area contributed by atoms with Gasteiger partial charge in [-0.15, -0.1) is 11.3 Å². The van der Waals surface area contributed by atoms with Gasteiger partial charge in [0.05, 0.1) is 12.7 Å². The van der Waals surface area contributed by atoms with E-state index in [-0.39, 0.29) is 5.97 Å². The maximum absolute atomic E-state index is 12.2. The van der Waals surface area contributed by atoms with E-state index < -0.39 is 0 Å². The largest absolute Gasteiger partial charge is 0.465 e. The molecule has 1 aromatic rings. The van der Waals surface area contributed by atoms with Gasteiger partial charge >= 0.3 is 5.97 Å². The van der Waals surface area contributed by atoms with Crippen LogP contribution >= 0.6 is 23.6 Å². The van der Waals surface area contributed by atoms with Crippen LogP contribution in [0, 0.1) is 11.8 Å². The van der Waals surface area contributed by atoms with E-state index in [9.17, 15) is 4.79 Å². The van der Waals surface area contributed by atoms with Crippen LogP contribution in [0.4, 0.5) is 5.00 Å². The molecule has 0 spiro atoms. The Hall–Kier alpha value is -1.14. The van der Waals surface area contributed by atoms with E-state index in [2.05, 4.69) is 31.4 Å². The molecule has 1 atom stereocenters. The van der Waals surface area contributed by atoms with E-state index in [4.69, 9.17) is 17.0 Å². The Kier molecular flexibility index (Phi) is 6.41. The lowest BCUT2D eigenvalue weighted by atomic mass is 9.88. The molecule has 128 valence electrons. The van der Waals surface area contributed by atoms with Crippen molar-refractivity contribution in [1.82, 2.24) is 5.32 Å². The fraction of sp³-hybridized carbons (Fsp3) is 0.647. The first-order valence-electron chi connectivity index (χ1n) is 8.20. The van der Waals surface area contributed by atoms with Crippen LogP contribution in [-0.4, -0.2) is 24.7 Å². The van der Waals surface area contributed by atoms with Gasteiger partial charge in [0.1, 0.15) is 5.00 Å². The molecule has 1 heterocycles. The second-order valence-corrected chi connectivity index (χ2v) is 8.12. The van der Waals surface area contributed by atoms with Crippen LogP contribution in [-0.2, 0) is 17.6 Å². The average molecular weight is 355 g/mol. The summed E-state index contributed by atoms with van der Waals surface area (Å²) in [4.78, 5) is 13.5. The van der Waals surface area contributed by atoms with E-state index in [1.165, 1.54) is 12.0 Å². The number of hydrogen-bond donors (Lipinski definition) is 2. The molecule has 23 heavy (non-hydrogen) atoms. The number of carbonyl (C=O) groups excluding carboxylic acids is 1. The Bertz CT molecular complexity index is 581. The van der Waals surface area contributed by atoms with Crippen LogP contribution in [0.25, 0.3) is 0 Å². The minimum atomic E-state index is -0.274. The third-order valence-electron chi connectivity index (χ3n) is 4.14. The normalized spacial score (nSPS) is 16.8. The molecule has 0 saturated carbocycles. The molecule has 1 aromatic heterocycles. The first-order valence-corrected chi connectivity index (χ1v) is 9.42. The second kappa shape index (κ2) is 8.11. The van der Waals surface area contributed by atoms with Gasteiger partial charge in [-0.05, 0) is 55.3 Å². The third-order valence-corrected chi connectivity index (χ3v) is 5.55. The van der Waals surface area contributed by atoms with Gasteiger partial charge in [0, 0.05) is 11.4 Å². The number of fused-ring (bicyclic) bond motifs is 1. The molecule has 1 aliphatic rings. The number of esters is 1. The number of carbonyl (C=O) groups is 1. The smallest absolute Gasteiger partial charge is 0.341 e. The Morgan fingerprint density at radius 3 is 2.87 bits per heavy atom. The zero-order valence-corrected chi connectivity index (χ0v) is 16.0. The van der Waals surface area contributed by atoms with Crippen molar-refractivity contribution in [2.24, 2.45) is 11.8 Å². The maximum atomic E-state index is 12.2. The predicted octanol–water partition coefficient (Wildman–Crippen LogP) is 3.99. The molecule has 0 aliphatic heterocycles. The Labute approximate surface area is 148 Å². The number of thiocarbonyl (C=S) groups is 1. The van der Waals surface area contributed by atoms with E-state index >= 15 is 0 Å². The van der Waals surface area contributed by atoms with Crippen molar-refractivity contribution in [3.8, 4) is 0 Å². The molecular formula is C17H26N2O2S2. The summed E-state index contributed by atoms with van der Waals surface area (Å²) in [6, 6.07) is 0. The summed E-state index contributed by atoms with van der Waals surface area (Å²) in [5.41, 5.74) is 1.82. The van der Waals surface area contributed by atoms with Gasteiger partial charge < -0.3 is 15.4 Å². The lowest BCUT2D eigenvalue weighted by molar-refractivity contribution is 0.0601. The summed E-state index contributed by atoms with van der Waals surface area (Å²) in [6.45, 7) is 7.45. The van der Waals surface area contributed by atoms with Gasteiger partial charge in [0.2, 0.25) is 0 Å². The van der Waals surface area contributed by atoms with Crippen molar-refractivity contribution in [2.45, 2.75) is 46.5 Å².